The van der Waals surface area contributed by atoms with Crippen molar-refractivity contribution in [3.63, 3.8) is 0 Å². The second-order valence-electron chi connectivity index (χ2n) is 5.21. The van der Waals surface area contributed by atoms with Crippen molar-refractivity contribution >= 4 is 5.91 Å². The molecule has 19 heavy (non-hydrogen) atoms. The molecule has 0 N–H and O–H groups in total. The summed E-state index contributed by atoms with van der Waals surface area (Å²) in [6.07, 6.45) is 0.907. The molecule has 0 saturated carbocycles. The van der Waals surface area contributed by atoms with Crippen LogP contribution in [-0.2, 0) is 4.79 Å². The number of nitrogens with zero attached hydrogens (tertiary/aromatic N) is 2. The van der Waals surface area contributed by atoms with Gasteiger partial charge < -0.3 is 4.90 Å². The van der Waals surface area contributed by atoms with Crippen molar-refractivity contribution in [3.8, 4) is 0 Å². The maximum atomic E-state index is 14.1. The molecule has 2 fully saturated rings. The topological polar surface area (TPSA) is 23.6 Å². The molecule has 0 aromatic heterocycles. The number of hydrogen-bond acceptors (Lipinski definition) is 2. The molecular formula is C14H26F2N2O. The molecule has 2 rings (SSSR count). The zero-order valence-electron chi connectivity index (χ0n) is 12.5. The Morgan fingerprint density at radius 2 is 1.74 bits per heavy atom. The highest BCUT2D eigenvalue weighted by molar-refractivity contribution is 5.77. The van der Waals surface area contributed by atoms with Gasteiger partial charge in [-0.1, -0.05) is 27.7 Å². The summed E-state index contributed by atoms with van der Waals surface area (Å²) in [6.45, 7) is 9.39. The van der Waals surface area contributed by atoms with Crippen LogP contribution in [0.5, 0.6) is 0 Å². The van der Waals surface area contributed by atoms with Crippen LogP contribution in [0.15, 0.2) is 0 Å². The Bertz CT molecular complexity index is 315. The predicted molar refractivity (Wildman–Crippen MR) is 72.3 cm³/mol. The van der Waals surface area contributed by atoms with E-state index in [9.17, 15) is 13.6 Å². The maximum Gasteiger partial charge on any atom is 0.269 e. The third-order valence-electron chi connectivity index (χ3n) is 4.19. The summed E-state index contributed by atoms with van der Waals surface area (Å²) in [4.78, 5) is 14.8. The first-order valence-corrected chi connectivity index (χ1v) is 7.32. The van der Waals surface area contributed by atoms with Gasteiger partial charge in [0.2, 0.25) is 5.91 Å². The van der Waals surface area contributed by atoms with Gasteiger partial charge in [-0.05, 0) is 19.5 Å². The number of carbonyl (C=O) groups is 1. The fourth-order valence-corrected chi connectivity index (χ4v) is 2.83. The predicted octanol–water partition coefficient (Wildman–Crippen LogP) is 2.61. The largest absolute Gasteiger partial charge is 0.341 e. The number of halogens is 2. The molecule has 0 aromatic rings. The molecule has 5 heteroatoms. The molecule has 0 aliphatic carbocycles. The first-order chi connectivity index (χ1) is 8.94. The summed E-state index contributed by atoms with van der Waals surface area (Å²) in [6, 6.07) is 0. The Morgan fingerprint density at radius 3 is 2.16 bits per heavy atom. The maximum absolute atomic E-state index is 14.1. The van der Waals surface area contributed by atoms with Gasteiger partial charge in [0.15, 0.2) is 0 Å². The molecule has 0 atom stereocenters. The van der Waals surface area contributed by atoms with Crippen LogP contribution in [0.25, 0.3) is 0 Å². The van der Waals surface area contributed by atoms with E-state index in [2.05, 4.69) is 0 Å². The van der Waals surface area contributed by atoms with Gasteiger partial charge in [-0.2, -0.15) is 0 Å². The van der Waals surface area contributed by atoms with Crippen LogP contribution >= 0.6 is 0 Å². The Morgan fingerprint density at radius 1 is 1.16 bits per heavy atom. The van der Waals surface area contributed by atoms with Crippen LogP contribution in [0.3, 0.4) is 0 Å². The molecule has 3 nitrogen and oxygen atoms in total. The van der Waals surface area contributed by atoms with Gasteiger partial charge in [0.1, 0.15) is 0 Å². The van der Waals surface area contributed by atoms with Gasteiger partial charge in [0, 0.05) is 19.5 Å². The van der Waals surface area contributed by atoms with E-state index in [0.29, 0.717) is 19.4 Å². The molecule has 2 aliphatic rings. The minimum absolute atomic E-state index is 0.00986. The van der Waals surface area contributed by atoms with Crippen LogP contribution < -0.4 is 0 Å². The minimum atomic E-state index is -2.66. The van der Waals surface area contributed by atoms with Crippen molar-refractivity contribution in [3.05, 3.63) is 0 Å². The lowest BCUT2D eigenvalue weighted by Crippen LogP contribution is -2.70. The molecule has 2 aliphatic heterocycles. The molecule has 0 bridgehead atoms. The third kappa shape index (κ3) is 2.91. The molecule has 2 saturated heterocycles. The van der Waals surface area contributed by atoms with Crippen LogP contribution in [0.2, 0.25) is 0 Å². The Balaban J connectivity index is 0.000000861. The quantitative estimate of drug-likeness (QED) is 0.774. The van der Waals surface area contributed by atoms with Gasteiger partial charge >= 0.3 is 0 Å². The number of rotatable bonds is 2. The van der Waals surface area contributed by atoms with E-state index in [-0.39, 0.29) is 25.5 Å². The lowest BCUT2D eigenvalue weighted by Gasteiger charge is -2.57. The Labute approximate surface area is 114 Å². The molecule has 0 unspecified atom stereocenters. The van der Waals surface area contributed by atoms with Crippen molar-refractivity contribution in [2.45, 2.75) is 46.5 Å². The van der Waals surface area contributed by atoms with Crippen molar-refractivity contribution < 1.29 is 13.6 Å². The number of piperidine rings is 1. The minimum Gasteiger partial charge on any atom is -0.341 e. The fourth-order valence-electron chi connectivity index (χ4n) is 2.83. The monoisotopic (exact) mass is 276 g/mol. The molecule has 2 heterocycles. The van der Waals surface area contributed by atoms with Crippen molar-refractivity contribution in [1.82, 2.24) is 9.80 Å². The van der Waals surface area contributed by atoms with E-state index in [1.165, 1.54) is 0 Å². The molecule has 0 aromatic carbocycles. The standard InChI is InChI=1S/C12H20F2N2O.C2H6/c1-3-10(17)16-7-11(8-16)5-6-15(4-2)9-12(11,13)14;1-2/h3-9H2,1-2H3;1-2H3. The molecule has 1 spiro atoms. The summed E-state index contributed by atoms with van der Waals surface area (Å²) in [5.41, 5.74) is -0.941. The highest BCUT2D eigenvalue weighted by atomic mass is 19.3. The lowest BCUT2D eigenvalue weighted by atomic mass is 9.69. The summed E-state index contributed by atoms with van der Waals surface area (Å²) in [5, 5.41) is 0. The second-order valence-corrected chi connectivity index (χ2v) is 5.21. The van der Waals surface area contributed by atoms with Gasteiger partial charge in [0.25, 0.3) is 5.92 Å². The normalized spacial score (nSPS) is 24.4. The van der Waals surface area contributed by atoms with E-state index < -0.39 is 11.3 Å². The smallest absolute Gasteiger partial charge is 0.269 e. The van der Waals surface area contributed by atoms with Crippen molar-refractivity contribution in [1.29, 1.82) is 0 Å². The van der Waals surface area contributed by atoms with Crippen molar-refractivity contribution in [2.24, 2.45) is 5.41 Å². The zero-order valence-corrected chi connectivity index (χ0v) is 12.5. The number of alkyl halides is 2. The summed E-state index contributed by atoms with van der Waals surface area (Å²) < 4.78 is 28.2. The zero-order chi connectivity index (χ0) is 14.7. The van der Waals surface area contributed by atoms with E-state index in [1.807, 2.05) is 20.8 Å². The Hall–Kier alpha value is -0.710. The van der Waals surface area contributed by atoms with Gasteiger partial charge in [-0.3, -0.25) is 9.69 Å². The number of hydrogen-bond donors (Lipinski definition) is 0. The average molecular weight is 276 g/mol. The van der Waals surface area contributed by atoms with E-state index in [1.54, 1.807) is 16.7 Å². The van der Waals surface area contributed by atoms with Crippen LogP contribution in [-0.4, -0.2) is 54.4 Å². The summed E-state index contributed by atoms with van der Waals surface area (Å²) in [7, 11) is 0. The van der Waals surface area contributed by atoms with Gasteiger partial charge in [-0.25, -0.2) is 8.78 Å². The first kappa shape index (κ1) is 16.3. The third-order valence-corrected chi connectivity index (χ3v) is 4.19. The lowest BCUT2D eigenvalue weighted by molar-refractivity contribution is -0.223. The summed E-state index contributed by atoms with van der Waals surface area (Å²) in [5.74, 6) is -2.67. The highest BCUT2D eigenvalue weighted by Gasteiger charge is 2.62. The van der Waals surface area contributed by atoms with E-state index in [0.717, 1.165) is 6.54 Å². The van der Waals surface area contributed by atoms with Crippen LogP contribution in [0.4, 0.5) is 8.78 Å². The summed E-state index contributed by atoms with van der Waals surface area (Å²) >= 11 is 0. The highest BCUT2D eigenvalue weighted by Crippen LogP contribution is 2.50. The molecule has 112 valence electrons. The van der Waals surface area contributed by atoms with Crippen LogP contribution in [0, 0.1) is 5.41 Å². The van der Waals surface area contributed by atoms with E-state index >= 15 is 0 Å². The molecular weight excluding hydrogens is 250 g/mol. The van der Waals surface area contributed by atoms with E-state index in [4.69, 9.17) is 0 Å². The fraction of sp³-hybridized carbons (Fsp3) is 0.929. The van der Waals surface area contributed by atoms with Gasteiger partial charge in [-0.15, -0.1) is 0 Å². The van der Waals surface area contributed by atoms with Gasteiger partial charge in [0.05, 0.1) is 12.0 Å². The van der Waals surface area contributed by atoms with Crippen LogP contribution in [0.1, 0.15) is 40.5 Å². The Kier molecular flexibility index (Phi) is 5.30. The SMILES string of the molecule is CC.CCC(=O)N1CC2(CCN(CC)CC2(F)F)C1. The molecule has 1 amide bonds. The van der Waals surface area contributed by atoms with Crippen molar-refractivity contribution in [2.75, 3.05) is 32.7 Å². The molecule has 0 radical (unpaired) electrons. The second kappa shape index (κ2) is 6.16. The number of carbonyl (C=O) groups excluding carboxylic acids is 1. The average Bonchev–Trinajstić information content (AvgIpc) is 2.36. The number of likely N-dealkylation sites (tertiary alicyclic amines) is 2. The first-order valence-electron chi connectivity index (χ1n) is 7.32. The number of amides is 1.